The maximum absolute atomic E-state index is 5.41. The Bertz CT molecular complexity index is 444. The second kappa shape index (κ2) is 14.5. The van der Waals surface area contributed by atoms with Crippen molar-refractivity contribution < 1.29 is 14.2 Å². The van der Waals surface area contributed by atoms with Gasteiger partial charge in [0.15, 0.2) is 5.96 Å². The van der Waals surface area contributed by atoms with Crippen LogP contribution in [0.3, 0.4) is 0 Å². The molecule has 0 amide bonds. The molecule has 132 valence electrons. The Kier molecular flexibility index (Phi) is 13.9. The van der Waals surface area contributed by atoms with Crippen molar-refractivity contribution in [3.05, 3.63) is 29.8 Å². The molecule has 0 aliphatic carbocycles. The lowest BCUT2D eigenvalue weighted by Crippen LogP contribution is -2.39. The molecule has 1 aromatic rings. The molecule has 0 saturated heterocycles. The number of aliphatic imine (C=N–C) groups is 1. The van der Waals surface area contributed by atoms with E-state index < -0.39 is 0 Å². The molecular weight excluding hydrogens is 409 g/mol. The van der Waals surface area contributed by atoms with Gasteiger partial charge in [-0.15, -0.1) is 24.0 Å². The lowest BCUT2D eigenvalue weighted by atomic mass is 10.2. The largest absolute Gasteiger partial charge is 0.496 e. The van der Waals surface area contributed by atoms with Crippen molar-refractivity contribution in [1.29, 1.82) is 0 Å². The summed E-state index contributed by atoms with van der Waals surface area (Å²) in [4.78, 5) is 4.56. The number of hydrogen-bond acceptors (Lipinski definition) is 4. The molecule has 0 spiro atoms. The highest BCUT2D eigenvalue weighted by molar-refractivity contribution is 14.0. The average Bonchev–Trinajstić information content (AvgIpc) is 2.56. The van der Waals surface area contributed by atoms with Crippen LogP contribution in [0, 0.1) is 0 Å². The highest BCUT2D eigenvalue weighted by atomic mass is 127. The first kappa shape index (κ1) is 21.9. The van der Waals surface area contributed by atoms with Crippen LogP contribution in [-0.2, 0) is 16.0 Å². The molecule has 0 unspecified atom stereocenters. The van der Waals surface area contributed by atoms with Crippen LogP contribution < -0.4 is 15.4 Å². The van der Waals surface area contributed by atoms with Gasteiger partial charge in [0.25, 0.3) is 0 Å². The SMILES string of the molecule is CCNC(=NCc1ccccc1OC)NCCOCCOC.I. The summed E-state index contributed by atoms with van der Waals surface area (Å²) in [6.07, 6.45) is 0. The highest BCUT2D eigenvalue weighted by Gasteiger charge is 2.02. The fraction of sp³-hybridized carbons (Fsp3) is 0.562. The van der Waals surface area contributed by atoms with Crippen molar-refractivity contribution in [2.75, 3.05) is 47.1 Å². The lowest BCUT2D eigenvalue weighted by molar-refractivity contribution is 0.0733. The van der Waals surface area contributed by atoms with Gasteiger partial charge in [0.2, 0.25) is 0 Å². The average molecular weight is 437 g/mol. The van der Waals surface area contributed by atoms with Gasteiger partial charge < -0.3 is 24.8 Å². The van der Waals surface area contributed by atoms with Gasteiger partial charge in [-0.25, -0.2) is 4.99 Å². The number of para-hydroxylation sites is 1. The second-order valence-electron chi connectivity index (χ2n) is 4.54. The van der Waals surface area contributed by atoms with Crippen molar-refractivity contribution in [3.63, 3.8) is 0 Å². The summed E-state index contributed by atoms with van der Waals surface area (Å²) < 4.78 is 15.7. The van der Waals surface area contributed by atoms with Gasteiger partial charge in [0.05, 0.1) is 33.5 Å². The zero-order valence-corrected chi connectivity index (χ0v) is 16.5. The van der Waals surface area contributed by atoms with E-state index in [0.717, 1.165) is 23.8 Å². The predicted octanol–water partition coefficient (Wildman–Crippen LogP) is 2.03. The number of benzene rings is 1. The zero-order chi connectivity index (χ0) is 16.0. The Labute approximate surface area is 156 Å². The Morgan fingerprint density at radius 3 is 2.57 bits per heavy atom. The first-order valence-corrected chi connectivity index (χ1v) is 7.52. The van der Waals surface area contributed by atoms with Crippen molar-refractivity contribution in [2.24, 2.45) is 4.99 Å². The molecule has 0 aromatic heterocycles. The van der Waals surface area contributed by atoms with E-state index in [1.54, 1.807) is 14.2 Å². The Morgan fingerprint density at radius 2 is 1.87 bits per heavy atom. The third kappa shape index (κ3) is 9.62. The van der Waals surface area contributed by atoms with Gasteiger partial charge in [-0.05, 0) is 13.0 Å². The van der Waals surface area contributed by atoms with Crippen LogP contribution in [0.15, 0.2) is 29.3 Å². The molecule has 6 nitrogen and oxygen atoms in total. The molecule has 0 heterocycles. The number of rotatable bonds is 10. The minimum Gasteiger partial charge on any atom is -0.496 e. The fourth-order valence-corrected chi connectivity index (χ4v) is 1.83. The second-order valence-corrected chi connectivity index (χ2v) is 4.54. The minimum atomic E-state index is 0. The van der Waals surface area contributed by atoms with Crippen molar-refractivity contribution >= 4 is 29.9 Å². The number of halogens is 1. The maximum Gasteiger partial charge on any atom is 0.191 e. The summed E-state index contributed by atoms with van der Waals surface area (Å²) in [5.41, 5.74) is 1.05. The van der Waals surface area contributed by atoms with Gasteiger partial charge in [-0.1, -0.05) is 18.2 Å². The highest BCUT2D eigenvalue weighted by Crippen LogP contribution is 2.17. The maximum atomic E-state index is 5.41. The van der Waals surface area contributed by atoms with Crippen LogP contribution in [0.5, 0.6) is 5.75 Å². The van der Waals surface area contributed by atoms with Crippen LogP contribution in [0.4, 0.5) is 0 Å². The molecule has 1 rings (SSSR count). The van der Waals surface area contributed by atoms with Gasteiger partial charge in [-0.3, -0.25) is 0 Å². The number of ether oxygens (including phenoxy) is 3. The molecule has 0 atom stereocenters. The molecule has 1 aromatic carbocycles. The lowest BCUT2D eigenvalue weighted by Gasteiger charge is -2.12. The number of methoxy groups -OCH3 is 2. The van der Waals surface area contributed by atoms with Gasteiger partial charge in [0.1, 0.15) is 5.75 Å². The van der Waals surface area contributed by atoms with Crippen LogP contribution in [-0.4, -0.2) is 53.1 Å². The fourth-order valence-electron chi connectivity index (χ4n) is 1.83. The summed E-state index contributed by atoms with van der Waals surface area (Å²) >= 11 is 0. The number of guanidine groups is 1. The molecule has 0 saturated carbocycles. The van der Waals surface area contributed by atoms with Crippen LogP contribution in [0.1, 0.15) is 12.5 Å². The van der Waals surface area contributed by atoms with Gasteiger partial charge >= 0.3 is 0 Å². The van der Waals surface area contributed by atoms with Crippen molar-refractivity contribution in [3.8, 4) is 5.75 Å². The third-order valence-corrected chi connectivity index (χ3v) is 2.91. The van der Waals surface area contributed by atoms with E-state index >= 15 is 0 Å². The van der Waals surface area contributed by atoms with Crippen LogP contribution in [0.25, 0.3) is 0 Å². The van der Waals surface area contributed by atoms with E-state index in [0.29, 0.717) is 32.9 Å². The Balaban J connectivity index is 0.00000484. The number of nitrogens with one attached hydrogen (secondary N) is 2. The molecule has 0 aliphatic rings. The predicted molar refractivity (Wildman–Crippen MR) is 104 cm³/mol. The van der Waals surface area contributed by atoms with Crippen molar-refractivity contribution in [2.45, 2.75) is 13.5 Å². The Morgan fingerprint density at radius 1 is 1.09 bits per heavy atom. The molecule has 7 heteroatoms. The van der Waals surface area contributed by atoms with Gasteiger partial charge in [0, 0.05) is 25.8 Å². The van der Waals surface area contributed by atoms with Gasteiger partial charge in [-0.2, -0.15) is 0 Å². The quantitative estimate of drug-likeness (QED) is 0.254. The van der Waals surface area contributed by atoms with Crippen molar-refractivity contribution in [1.82, 2.24) is 10.6 Å². The van der Waals surface area contributed by atoms with E-state index in [4.69, 9.17) is 14.2 Å². The van der Waals surface area contributed by atoms with E-state index in [9.17, 15) is 0 Å². The topological polar surface area (TPSA) is 64.1 Å². The first-order valence-electron chi connectivity index (χ1n) is 7.52. The van der Waals surface area contributed by atoms with E-state index in [-0.39, 0.29) is 24.0 Å². The molecule has 0 fully saturated rings. The standard InChI is InChI=1S/C16H27N3O3.HI/c1-4-17-16(18-9-10-22-12-11-20-2)19-13-14-7-5-6-8-15(14)21-3;/h5-8H,4,9-13H2,1-3H3,(H2,17,18,19);1H. The summed E-state index contributed by atoms with van der Waals surface area (Å²) in [5, 5.41) is 6.45. The zero-order valence-electron chi connectivity index (χ0n) is 14.1. The summed E-state index contributed by atoms with van der Waals surface area (Å²) in [6.45, 7) is 5.93. The van der Waals surface area contributed by atoms with E-state index in [1.165, 1.54) is 0 Å². The van der Waals surface area contributed by atoms with E-state index in [2.05, 4.69) is 15.6 Å². The molecule has 23 heavy (non-hydrogen) atoms. The van der Waals surface area contributed by atoms with E-state index in [1.807, 2.05) is 31.2 Å². The summed E-state index contributed by atoms with van der Waals surface area (Å²) in [7, 11) is 3.33. The number of hydrogen-bond donors (Lipinski definition) is 2. The Hall–Kier alpha value is -1.06. The monoisotopic (exact) mass is 437 g/mol. The first-order chi connectivity index (χ1) is 10.8. The minimum absolute atomic E-state index is 0. The third-order valence-electron chi connectivity index (χ3n) is 2.91. The molecule has 0 aliphatic heterocycles. The molecule has 2 N–H and O–H groups in total. The van der Waals surface area contributed by atoms with Crippen LogP contribution in [0.2, 0.25) is 0 Å². The van der Waals surface area contributed by atoms with Crippen LogP contribution >= 0.6 is 24.0 Å². The number of nitrogens with zero attached hydrogens (tertiary/aromatic N) is 1. The smallest absolute Gasteiger partial charge is 0.191 e. The normalized spacial score (nSPS) is 10.8. The summed E-state index contributed by atoms with van der Waals surface area (Å²) in [5.74, 6) is 1.62. The molecule has 0 radical (unpaired) electrons. The molecule has 0 bridgehead atoms. The summed E-state index contributed by atoms with van der Waals surface area (Å²) in [6, 6.07) is 7.89. The molecular formula is C16H28IN3O3.